The zero-order valence-electron chi connectivity index (χ0n) is 12.3. The quantitative estimate of drug-likeness (QED) is 0.793. The topological polar surface area (TPSA) is 17.1 Å². The van der Waals surface area contributed by atoms with Crippen molar-refractivity contribution in [3.05, 3.63) is 34.4 Å². The van der Waals surface area contributed by atoms with E-state index in [1.54, 1.807) is 0 Å². The van der Waals surface area contributed by atoms with E-state index in [9.17, 15) is 4.79 Å². The highest BCUT2D eigenvalue weighted by atomic mass is 16.1. The SMILES string of the molecule is Cc1cc(C)c(CC(=O)C2CC3CCC2C3)c(C)c1. The van der Waals surface area contributed by atoms with Crippen molar-refractivity contribution >= 4 is 5.78 Å². The summed E-state index contributed by atoms with van der Waals surface area (Å²) in [5.74, 6) is 2.45. The third kappa shape index (κ3) is 2.35. The lowest BCUT2D eigenvalue weighted by Crippen LogP contribution is -2.23. The third-order valence-corrected chi connectivity index (χ3v) is 5.34. The molecule has 1 aromatic carbocycles. The number of carbonyl (C=O) groups is 1. The van der Waals surface area contributed by atoms with E-state index in [0.29, 0.717) is 24.0 Å². The number of ketones is 1. The summed E-state index contributed by atoms with van der Waals surface area (Å²) in [6.45, 7) is 6.41. The van der Waals surface area contributed by atoms with Gasteiger partial charge in [0.2, 0.25) is 0 Å². The number of aryl methyl sites for hydroxylation is 3. The molecule has 3 atom stereocenters. The van der Waals surface area contributed by atoms with E-state index in [2.05, 4.69) is 32.9 Å². The Balaban J connectivity index is 1.77. The van der Waals surface area contributed by atoms with Crippen LogP contribution < -0.4 is 0 Å². The van der Waals surface area contributed by atoms with Gasteiger partial charge < -0.3 is 0 Å². The molecule has 0 aliphatic heterocycles. The number of hydrogen-bond acceptors (Lipinski definition) is 1. The van der Waals surface area contributed by atoms with Gasteiger partial charge in [-0.1, -0.05) is 24.1 Å². The summed E-state index contributed by atoms with van der Waals surface area (Å²) in [6, 6.07) is 4.41. The third-order valence-electron chi connectivity index (χ3n) is 5.34. The first-order valence-corrected chi connectivity index (χ1v) is 7.64. The Morgan fingerprint density at radius 3 is 2.32 bits per heavy atom. The van der Waals surface area contributed by atoms with Gasteiger partial charge in [-0.25, -0.2) is 0 Å². The molecule has 1 aromatic rings. The molecular weight excluding hydrogens is 232 g/mol. The van der Waals surface area contributed by atoms with Crippen LogP contribution in [0.1, 0.15) is 47.9 Å². The average Bonchev–Trinajstić information content (AvgIpc) is 2.95. The Morgan fingerprint density at radius 1 is 1.11 bits per heavy atom. The Hall–Kier alpha value is -1.11. The van der Waals surface area contributed by atoms with E-state index < -0.39 is 0 Å². The molecule has 0 spiro atoms. The van der Waals surface area contributed by atoms with Crippen molar-refractivity contribution in [1.29, 1.82) is 0 Å². The monoisotopic (exact) mass is 256 g/mol. The van der Waals surface area contributed by atoms with Gasteiger partial charge in [-0.15, -0.1) is 0 Å². The van der Waals surface area contributed by atoms with Gasteiger partial charge in [0, 0.05) is 12.3 Å². The van der Waals surface area contributed by atoms with Crippen molar-refractivity contribution in [1.82, 2.24) is 0 Å². The minimum absolute atomic E-state index is 0.374. The minimum atomic E-state index is 0.374. The first-order valence-electron chi connectivity index (χ1n) is 7.64. The summed E-state index contributed by atoms with van der Waals surface area (Å²) in [5, 5.41) is 0. The van der Waals surface area contributed by atoms with Crippen LogP contribution in [0.15, 0.2) is 12.1 Å². The Labute approximate surface area is 116 Å². The molecule has 1 nitrogen and oxygen atoms in total. The van der Waals surface area contributed by atoms with Gasteiger partial charge in [-0.3, -0.25) is 4.79 Å². The van der Waals surface area contributed by atoms with Gasteiger partial charge in [0.05, 0.1) is 0 Å². The van der Waals surface area contributed by atoms with Crippen molar-refractivity contribution in [2.45, 2.75) is 52.9 Å². The Bertz CT molecular complexity index is 491. The van der Waals surface area contributed by atoms with Crippen LogP contribution in [0, 0.1) is 38.5 Å². The van der Waals surface area contributed by atoms with Gasteiger partial charge >= 0.3 is 0 Å². The molecule has 2 aliphatic carbocycles. The van der Waals surface area contributed by atoms with E-state index in [0.717, 1.165) is 5.92 Å². The molecule has 102 valence electrons. The molecule has 0 amide bonds. The van der Waals surface area contributed by atoms with Crippen LogP contribution in [0.4, 0.5) is 0 Å². The first-order chi connectivity index (χ1) is 9.04. The number of rotatable bonds is 3. The van der Waals surface area contributed by atoms with Gasteiger partial charge in [0.25, 0.3) is 0 Å². The molecule has 0 N–H and O–H groups in total. The van der Waals surface area contributed by atoms with Crippen LogP contribution in [-0.4, -0.2) is 5.78 Å². The number of benzene rings is 1. The lowest BCUT2D eigenvalue weighted by atomic mass is 9.82. The summed E-state index contributed by atoms with van der Waals surface area (Å²) < 4.78 is 0. The van der Waals surface area contributed by atoms with Crippen LogP contribution >= 0.6 is 0 Å². The van der Waals surface area contributed by atoms with Crippen LogP contribution in [0.25, 0.3) is 0 Å². The second-order valence-electron chi connectivity index (χ2n) is 6.80. The zero-order valence-corrected chi connectivity index (χ0v) is 12.3. The lowest BCUT2D eigenvalue weighted by Gasteiger charge is -2.21. The average molecular weight is 256 g/mol. The fourth-order valence-corrected chi connectivity index (χ4v) is 4.43. The smallest absolute Gasteiger partial charge is 0.140 e. The molecule has 3 unspecified atom stereocenters. The minimum Gasteiger partial charge on any atom is -0.299 e. The molecule has 1 heteroatoms. The van der Waals surface area contributed by atoms with Crippen LogP contribution in [-0.2, 0) is 11.2 Å². The highest BCUT2D eigenvalue weighted by Crippen LogP contribution is 2.48. The fraction of sp³-hybridized carbons (Fsp3) is 0.611. The van der Waals surface area contributed by atoms with Crippen molar-refractivity contribution in [3.8, 4) is 0 Å². The van der Waals surface area contributed by atoms with Gasteiger partial charge in [0.15, 0.2) is 0 Å². The second-order valence-corrected chi connectivity index (χ2v) is 6.80. The lowest BCUT2D eigenvalue weighted by molar-refractivity contribution is -0.123. The maximum atomic E-state index is 12.6. The molecule has 3 rings (SSSR count). The van der Waals surface area contributed by atoms with Crippen LogP contribution in [0.2, 0.25) is 0 Å². The van der Waals surface area contributed by atoms with Crippen molar-refractivity contribution in [3.63, 3.8) is 0 Å². The Morgan fingerprint density at radius 2 is 1.79 bits per heavy atom. The van der Waals surface area contributed by atoms with E-state index in [1.807, 2.05) is 0 Å². The molecule has 2 bridgehead atoms. The zero-order chi connectivity index (χ0) is 13.6. The summed E-state index contributed by atoms with van der Waals surface area (Å²) in [6.07, 6.45) is 5.82. The molecule has 0 heterocycles. The van der Waals surface area contributed by atoms with Crippen LogP contribution in [0.5, 0.6) is 0 Å². The number of fused-ring (bicyclic) bond motifs is 2. The highest BCUT2D eigenvalue weighted by Gasteiger charge is 2.42. The molecule has 0 aromatic heterocycles. The summed E-state index contributed by atoms with van der Waals surface area (Å²) in [7, 11) is 0. The summed E-state index contributed by atoms with van der Waals surface area (Å²) in [5.41, 5.74) is 5.15. The van der Waals surface area contributed by atoms with Gasteiger partial charge in [0.1, 0.15) is 5.78 Å². The predicted octanol–water partition coefficient (Wildman–Crippen LogP) is 4.16. The Kier molecular flexibility index (Phi) is 3.24. The van der Waals surface area contributed by atoms with E-state index in [1.165, 1.54) is 47.9 Å². The molecule has 2 aliphatic rings. The van der Waals surface area contributed by atoms with Crippen molar-refractivity contribution < 1.29 is 4.79 Å². The summed E-state index contributed by atoms with van der Waals surface area (Å²) in [4.78, 5) is 12.6. The molecule has 0 radical (unpaired) electrons. The van der Waals surface area contributed by atoms with E-state index >= 15 is 0 Å². The predicted molar refractivity (Wildman–Crippen MR) is 78.3 cm³/mol. The van der Waals surface area contributed by atoms with Gasteiger partial charge in [-0.2, -0.15) is 0 Å². The van der Waals surface area contributed by atoms with Crippen molar-refractivity contribution in [2.24, 2.45) is 17.8 Å². The van der Waals surface area contributed by atoms with E-state index in [4.69, 9.17) is 0 Å². The molecule has 19 heavy (non-hydrogen) atoms. The molecule has 2 saturated carbocycles. The second kappa shape index (κ2) is 4.77. The standard InChI is InChI=1S/C18H24O/c1-11-6-12(2)16(13(3)7-11)10-18(19)17-9-14-4-5-15(17)8-14/h6-7,14-15,17H,4-5,8-10H2,1-3H3. The maximum absolute atomic E-state index is 12.6. The number of carbonyl (C=O) groups excluding carboxylic acids is 1. The van der Waals surface area contributed by atoms with Gasteiger partial charge in [-0.05, 0) is 68.6 Å². The molecule has 2 fully saturated rings. The number of Topliss-reactive ketones (excluding diaryl/α,β-unsaturated/α-hetero) is 1. The highest BCUT2D eigenvalue weighted by molar-refractivity contribution is 5.84. The molecule has 0 saturated heterocycles. The van der Waals surface area contributed by atoms with E-state index in [-0.39, 0.29) is 0 Å². The van der Waals surface area contributed by atoms with Crippen molar-refractivity contribution in [2.75, 3.05) is 0 Å². The van der Waals surface area contributed by atoms with Crippen LogP contribution in [0.3, 0.4) is 0 Å². The first kappa shape index (κ1) is 12.9. The maximum Gasteiger partial charge on any atom is 0.140 e. The number of hydrogen-bond donors (Lipinski definition) is 0. The normalized spacial score (nSPS) is 28.9. The molecular formula is C18H24O. The fourth-order valence-electron chi connectivity index (χ4n) is 4.43. The summed E-state index contributed by atoms with van der Waals surface area (Å²) >= 11 is 0. The largest absolute Gasteiger partial charge is 0.299 e.